The van der Waals surface area contributed by atoms with Crippen LogP contribution in [0.25, 0.3) is 16.7 Å². The van der Waals surface area contributed by atoms with Gasteiger partial charge in [0.2, 0.25) is 5.43 Å². The van der Waals surface area contributed by atoms with E-state index in [1.54, 1.807) is 16.7 Å². The van der Waals surface area contributed by atoms with Crippen LogP contribution in [0.15, 0.2) is 107 Å². The van der Waals surface area contributed by atoms with Crippen LogP contribution in [-0.4, -0.2) is 25.2 Å². The standard InChI is InChI=1S/C25H16F3N5O/c26-25(27,28)17-7-6-10-19(15-17)33-14-13-22(34)23(31-33)24(30-18-8-2-1-3-9-18)32-16-29-20-11-4-5-12-21(20)32/h1-16H/b30-24+. The van der Waals surface area contributed by atoms with Crippen LogP contribution in [0.1, 0.15) is 11.3 Å². The van der Waals surface area contributed by atoms with Crippen molar-refractivity contribution >= 4 is 22.6 Å². The van der Waals surface area contributed by atoms with Gasteiger partial charge >= 0.3 is 6.18 Å². The van der Waals surface area contributed by atoms with Crippen LogP contribution in [0.5, 0.6) is 0 Å². The molecular weight excluding hydrogens is 443 g/mol. The number of nitrogens with zero attached hydrogens (tertiary/aromatic N) is 5. The zero-order valence-electron chi connectivity index (χ0n) is 17.5. The van der Waals surface area contributed by atoms with Crippen molar-refractivity contribution in [1.82, 2.24) is 19.3 Å². The van der Waals surface area contributed by atoms with Gasteiger partial charge in [-0.1, -0.05) is 36.4 Å². The van der Waals surface area contributed by atoms with Crippen molar-refractivity contribution in [3.63, 3.8) is 0 Å². The second kappa shape index (κ2) is 8.43. The van der Waals surface area contributed by atoms with Crippen molar-refractivity contribution in [3.8, 4) is 5.69 Å². The Morgan fingerprint density at radius 1 is 0.882 bits per heavy atom. The number of rotatable bonds is 3. The smallest absolute Gasteiger partial charge is 0.287 e. The minimum atomic E-state index is -4.51. The number of fused-ring (bicyclic) bond motifs is 1. The van der Waals surface area contributed by atoms with Gasteiger partial charge in [-0.3, -0.25) is 9.36 Å². The lowest BCUT2D eigenvalue weighted by Gasteiger charge is -2.13. The Morgan fingerprint density at radius 3 is 2.44 bits per heavy atom. The van der Waals surface area contributed by atoms with Crippen molar-refractivity contribution < 1.29 is 13.2 Å². The number of aliphatic imine (C=N–C) groups is 1. The average molecular weight is 459 g/mol. The zero-order valence-corrected chi connectivity index (χ0v) is 17.5. The quantitative estimate of drug-likeness (QED) is 0.274. The molecule has 0 unspecified atom stereocenters. The van der Waals surface area contributed by atoms with E-state index in [0.717, 1.165) is 12.1 Å². The molecule has 34 heavy (non-hydrogen) atoms. The molecule has 0 fully saturated rings. The van der Waals surface area contributed by atoms with Gasteiger partial charge in [-0.2, -0.15) is 18.3 Å². The van der Waals surface area contributed by atoms with Gasteiger partial charge in [0.15, 0.2) is 11.5 Å². The molecule has 3 aromatic carbocycles. The first-order chi connectivity index (χ1) is 16.4. The molecule has 0 aliphatic carbocycles. The molecule has 0 atom stereocenters. The van der Waals surface area contributed by atoms with Gasteiger partial charge in [-0.25, -0.2) is 14.7 Å². The summed E-state index contributed by atoms with van der Waals surface area (Å²) in [6.45, 7) is 0. The third-order valence-electron chi connectivity index (χ3n) is 5.13. The van der Waals surface area contributed by atoms with E-state index in [4.69, 9.17) is 0 Å². The maximum atomic E-state index is 13.2. The lowest BCUT2D eigenvalue weighted by atomic mass is 10.2. The molecule has 5 rings (SSSR count). The lowest BCUT2D eigenvalue weighted by Crippen LogP contribution is -2.25. The average Bonchev–Trinajstić information content (AvgIpc) is 3.27. The van der Waals surface area contributed by atoms with Crippen molar-refractivity contribution in [3.05, 3.63) is 119 Å². The summed E-state index contributed by atoms with van der Waals surface area (Å²) in [7, 11) is 0. The molecule has 6 nitrogen and oxygen atoms in total. The maximum Gasteiger partial charge on any atom is 0.416 e. The highest BCUT2D eigenvalue weighted by Gasteiger charge is 2.30. The molecule has 0 saturated heterocycles. The van der Waals surface area contributed by atoms with Crippen LogP contribution >= 0.6 is 0 Å². The van der Waals surface area contributed by atoms with Gasteiger partial charge in [0.05, 0.1) is 28.0 Å². The fourth-order valence-electron chi connectivity index (χ4n) is 3.50. The van der Waals surface area contributed by atoms with E-state index in [9.17, 15) is 18.0 Å². The minimum Gasteiger partial charge on any atom is -0.287 e. The molecule has 9 heteroatoms. The topological polar surface area (TPSA) is 65.1 Å². The second-order valence-electron chi connectivity index (χ2n) is 7.40. The predicted octanol–water partition coefficient (Wildman–Crippen LogP) is 5.23. The molecule has 0 saturated carbocycles. The van der Waals surface area contributed by atoms with Gasteiger partial charge in [-0.05, 0) is 42.5 Å². The Bertz CT molecular complexity index is 1570. The largest absolute Gasteiger partial charge is 0.416 e. The van der Waals surface area contributed by atoms with E-state index in [1.165, 1.54) is 35.4 Å². The molecular formula is C25H16F3N5O. The number of imidazole rings is 1. The third-order valence-corrected chi connectivity index (χ3v) is 5.13. The van der Waals surface area contributed by atoms with Crippen LogP contribution < -0.4 is 5.43 Å². The summed E-state index contributed by atoms with van der Waals surface area (Å²) in [6.07, 6.45) is -1.64. The van der Waals surface area contributed by atoms with Crippen LogP contribution in [0, 0.1) is 0 Å². The Hall–Kier alpha value is -4.53. The van der Waals surface area contributed by atoms with Crippen molar-refractivity contribution in [2.45, 2.75) is 6.18 Å². The zero-order chi connectivity index (χ0) is 23.7. The SMILES string of the molecule is O=c1ccn(-c2cccc(C(F)(F)F)c2)nc1/C(=N\c1ccccc1)n1cnc2ccccc21. The summed E-state index contributed by atoms with van der Waals surface area (Å²) in [5.74, 6) is 0.200. The number of halogens is 3. The summed E-state index contributed by atoms with van der Waals surface area (Å²) in [5, 5.41) is 4.38. The molecule has 0 aliphatic rings. The van der Waals surface area contributed by atoms with Gasteiger partial charge < -0.3 is 0 Å². The van der Waals surface area contributed by atoms with Crippen LogP contribution in [0.2, 0.25) is 0 Å². The molecule has 2 heterocycles. The first-order valence-electron chi connectivity index (χ1n) is 10.2. The van der Waals surface area contributed by atoms with Gasteiger partial charge in [-0.15, -0.1) is 0 Å². The molecule has 0 radical (unpaired) electrons. The van der Waals surface area contributed by atoms with Crippen LogP contribution in [0.4, 0.5) is 18.9 Å². The van der Waals surface area contributed by atoms with E-state index < -0.39 is 17.2 Å². The van der Waals surface area contributed by atoms with Crippen molar-refractivity contribution in [1.29, 1.82) is 0 Å². The summed E-state index contributed by atoms with van der Waals surface area (Å²) in [5.41, 5.74) is 0.843. The molecule has 0 aliphatic heterocycles. The van der Waals surface area contributed by atoms with E-state index >= 15 is 0 Å². The molecule has 2 aromatic heterocycles. The number of alkyl halides is 3. The Morgan fingerprint density at radius 2 is 1.65 bits per heavy atom. The number of hydrogen-bond donors (Lipinski definition) is 0. The third kappa shape index (κ3) is 4.11. The molecule has 168 valence electrons. The fourth-order valence-corrected chi connectivity index (χ4v) is 3.50. The predicted molar refractivity (Wildman–Crippen MR) is 123 cm³/mol. The van der Waals surface area contributed by atoms with Crippen LogP contribution in [0.3, 0.4) is 0 Å². The Balaban J connectivity index is 1.72. The van der Waals surface area contributed by atoms with Gasteiger partial charge in [0.25, 0.3) is 0 Å². The van der Waals surface area contributed by atoms with E-state index in [1.807, 2.05) is 42.5 Å². The molecule has 0 bridgehead atoms. The number of benzene rings is 3. The molecule has 0 amide bonds. The summed E-state index contributed by atoms with van der Waals surface area (Å²) >= 11 is 0. The first kappa shape index (κ1) is 21.3. The van der Waals surface area contributed by atoms with Gasteiger partial charge in [0.1, 0.15) is 6.33 Å². The first-order valence-corrected chi connectivity index (χ1v) is 10.2. The van der Waals surface area contributed by atoms with Crippen molar-refractivity contribution in [2.24, 2.45) is 4.99 Å². The van der Waals surface area contributed by atoms with Gasteiger partial charge in [0, 0.05) is 12.3 Å². The summed E-state index contributed by atoms with van der Waals surface area (Å²) in [6, 6.07) is 22.3. The van der Waals surface area contributed by atoms with E-state index in [2.05, 4.69) is 15.1 Å². The monoisotopic (exact) mass is 459 g/mol. The Labute approximate surface area is 191 Å². The number of aromatic nitrogens is 4. The van der Waals surface area contributed by atoms with E-state index in [0.29, 0.717) is 16.7 Å². The van der Waals surface area contributed by atoms with Crippen LogP contribution in [-0.2, 0) is 6.18 Å². The molecule has 0 N–H and O–H groups in total. The maximum absolute atomic E-state index is 13.2. The molecule has 5 aromatic rings. The summed E-state index contributed by atoms with van der Waals surface area (Å²) < 4.78 is 42.5. The number of hydrogen-bond acceptors (Lipinski definition) is 4. The van der Waals surface area contributed by atoms with Crippen molar-refractivity contribution in [2.75, 3.05) is 0 Å². The Kier molecular flexibility index (Phi) is 5.29. The normalized spacial score (nSPS) is 12.3. The minimum absolute atomic E-state index is 0.0353. The highest BCUT2D eigenvalue weighted by molar-refractivity contribution is 6.04. The fraction of sp³-hybridized carbons (Fsp3) is 0.0400. The summed E-state index contributed by atoms with van der Waals surface area (Å²) in [4.78, 5) is 22.0. The highest BCUT2D eigenvalue weighted by Crippen LogP contribution is 2.30. The highest BCUT2D eigenvalue weighted by atomic mass is 19.4. The lowest BCUT2D eigenvalue weighted by molar-refractivity contribution is -0.137. The van der Waals surface area contributed by atoms with E-state index in [-0.39, 0.29) is 17.2 Å². The second-order valence-corrected chi connectivity index (χ2v) is 7.40. The number of para-hydroxylation sites is 3. The molecule has 0 spiro atoms.